The molecule has 0 fully saturated rings. The summed E-state index contributed by atoms with van der Waals surface area (Å²) in [6, 6.07) is 8.71. The van der Waals surface area contributed by atoms with Crippen molar-refractivity contribution >= 4 is 40.2 Å². The van der Waals surface area contributed by atoms with Gasteiger partial charge < -0.3 is 24.3 Å². The monoisotopic (exact) mass is 527 g/mol. The molecule has 0 unspecified atom stereocenters. The molecule has 2 rings (SSSR count). The van der Waals surface area contributed by atoms with Crippen molar-refractivity contribution in [2.24, 2.45) is 0 Å². The summed E-state index contributed by atoms with van der Waals surface area (Å²) >= 11 is 2.20. The fourth-order valence-corrected chi connectivity index (χ4v) is 3.32. The van der Waals surface area contributed by atoms with E-state index in [1.165, 1.54) is 12.1 Å². The third-order valence-corrected chi connectivity index (χ3v) is 4.61. The second kappa shape index (κ2) is 11.6. The summed E-state index contributed by atoms with van der Waals surface area (Å²) in [5.41, 5.74) is 1.81. The maximum absolute atomic E-state index is 12.5. The van der Waals surface area contributed by atoms with Crippen LogP contribution in [0.4, 0.5) is 5.69 Å². The number of anilines is 1. The quantitative estimate of drug-likeness (QED) is 0.360. The summed E-state index contributed by atoms with van der Waals surface area (Å²) in [7, 11) is 0. The molecule has 162 valence electrons. The Bertz CT molecular complexity index is 872. The van der Waals surface area contributed by atoms with E-state index in [1.807, 2.05) is 45.9 Å². The van der Waals surface area contributed by atoms with Gasteiger partial charge in [-0.3, -0.25) is 4.79 Å². The molecule has 0 saturated heterocycles. The number of carbonyl (C=O) groups excluding carboxylic acids is 2. The molecule has 2 aromatic rings. The molecule has 0 bridgehead atoms. The van der Waals surface area contributed by atoms with Crippen LogP contribution in [0.25, 0.3) is 0 Å². The van der Waals surface area contributed by atoms with Crippen LogP contribution < -0.4 is 19.5 Å². The molecule has 0 aliphatic heterocycles. The van der Waals surface area contributed by atoms with E-state index in [2.05, 4.69) is 27.9 Å². The van der Waals surface area contributed by atoms with E-state index in [0.29, 0.717) is 42.8 Å². The van der Waals surface area contributed by atoms with E-state index in [0.717, 1.165) is 9.13 Å². The molecule has 1 N–H and O–H groups in total. The number of hydrogen-bond acceptors (Lipinski definition) is 6. The average molecular weight is 527 g/mol. The summed E-state index contributed by atoms with van der Waals surface area (Å²) in [5, 5.41) is 2.74. The lowest BCUT2D eigenvalue weighted by atomic mass is 10.2. The standard InChI is InChI=1S/C22H26INO6/c1-5-27-18-11-15(12-19(28-6-2)21(18)29-7-3)22(26)30-13-20(25)24-17-9-8-16(23)10-14(17)4/h8-12H,5-7,13H2,1-4H3,(H,24,25). The molecule has 0 saturated carbocycles. The van der Waals surface area contributed by atoms with Crippen LogP contribution in [0.1, 0.15) is 36.7 Å². The van der Waals surface area contributed by atoms with Crippen molar-refractivity contribution in [1.29, 1.82) is 0 Å². The summed E-state index contributed by atoms with van der Waals surface area (Å²) in [5.74, 6) is 0.125. The van der Waals surface area contributed by atoms with Crippen LogP contribution in [-0.4, -0.2) is 38.3 Å². The van der Waals surface area contributed by atoms with E-state index in [4.69, 9.17) is 18.9 Å². The molecule has 0 radical (unpaired) electrons. The Morgan fingerprint density at radius 2 is 1.53 bits per heavy atom. The van der Waals surface area contributed by atoms with Crippen LogP contribution in [-0.2, 0) is 9.53 Å². The lowest BCUT2D eigenvalue weighted by molar-refractivity contribution is -0.119. The molecule has 0 aliphatic carbocycles. The van der Waals surface area contributed by atoms with Crippen molar-refractivity contribution in [3.05, 3.63) is 45.0 Å². The number of amides is 1. The molecule has 0 aliphatic rings. The average Bonchev–Trinajstić information content (AvgIpc) is 2.71. The summed E-state index contributed by atoms with van der Waals surface area (Å²) in [4.78, 5) is 24.7. The number of esters is 1. The predicted molar refractivity (Wildman–Crippen MR) is 123 cm³/mol. The van der Waals surface area contributed by atoms with Gasteiger partial charge in [0.05, 0.1) is 25.4 Å². The van der Waals surface area contributed by atoms with E-state index in [9.17, 15) is 9.59 Å². The van der Waals surface area contributed by atoms with Gasteiger partial charge in [-0.25, -0.2) is 4.79 Å². The van der Waals surface area contributed by atoms with Gasteiger partial charge in [0.1, 0.15) is 0 Å². The Morgan fingerprint density at radius 3 is 2.07 bits per heavy atom. The highest BCUT2D eigenvalue weighted by Crippen LogP contribution is 2.39. The first-order chi connectivity index (χ1) is 14.4. The number of nitrogens with one attached hydrogen (secondary N) is 1. The molecule has 1 amide bonds. The zero-order valence-corrected chi connectivity index (χ0v) is 19.7. The number of rotatable bonds is 10. The van der Waals surface area contributed by atoms with Gasteiger partial charge in [-0.1, -0.05) is 0 Å². The Morgan fingerprint density at radius 1 is 0.933 bits per heavy atom. The Labute approximate surface area is 190 Å². The van der Waals surface area contributed by atoms with Crippen molar-refractivity contribution in [3.63, 3.8) is 0 Å². The molecular formula is C22H26INO6. The summed E-state index contributed by atoms with van der Waals surface area (Å²) in [6.45, 7) is 8.20. The number of aryl methyl sites for hydroxylation is 1. The van der Waals surface area contributed by atoms with Crippen LogP contribution in [0.3, 0.4) is 0 Å². The van der Waals surface area contributed by atoms with Crippen molar-refractivity contribution in [3.8, 4) is 17.2 Å². The topological polar surface area (TPSA) is 83.1 Å². The van der Waals surface area contributed by atoms with E-state index in [-0.39, 0.29) is 5.56 Å². The Kier molecular flexibility index (Phi) is 9.22. The van der Waals surface area contributed by atoms with Crippen molar-refractivity contribution in [2.75, 3.05) is 31.7 Å². The molecule has 0 heterocycles. The molecule has 2 aromatic carbocycles. The van der Waals surface area contributed by atoms with Gasteiger partial charge >= 0.3 is 5.97 Å². The van der Waals surface area contributed by atoms with Crippen molar-refractivity contribution in [1.82, 2.24) is 0 Å². The Balaban J connectivity index is 2.12. The zero-order valence-electron chi connectivity index (χ0n) is 17.5. The van der Waals surface area contributed by atoms with Crippen LogP contribution in [0.2, 0.25) is 0 Å². The predicted octanol–water partition coefficient (Wildman–Crippen LogP) is 4.59. The van der Waals surface area contributed by atoms with Gasteiger partial charge in [-0.15, -0.1) is 0 Å². The number of hydrogen-bond donors (Lipinski definition) is 1. The largest absolute Gasteiger partial charge is 0.490 e. The molecular weight excluding hydrogens is 501 g/mol. The summed E-state index contributed by atoms with van der Waals surface area (Å²) < 4.78 is 23.1. The molecule has 0 spiro atoms. The maximum atomic E-state index is 12.5. The SMILES string of the molecule is CCOc1cc(C(=O)OCC(=O)Nc2ccc(I)cc2C)cc(OCC)c1OCC. The van der Waals surface area contributed by atoms with E-state index < -0.39 is 18.5 Å². The lowest BCUT2D eigenvalue weighted by Crippen LogP contribution is -2.21. The van der Waals surface area contributed by atoms with Gasteiger partial charge in [0, 0.05) is 9.26 Å². The highest BCUT2D eigenvalue weighted by Gasteiger charge is 2.20. The first-order valence-electron chi connectivity index (χ1n) is 9.69. The van der Waals surface area contributed by atoms with Crippen LogP contribution >= 0.6 is 22.6 Å². The molecule has 8 heteroatoms. The normalized spacial score (nSPS) is 10.3. The van der Waals surface area contributed by atoms with Gasteiger partial charge in [0.25, 0.3) is 5.91 Å². The van der Waals surface area contributed by atoms with E-state index >= 15 is 0 Å². The third kappa shape index (κ3) is 6.51. The highest BCUT2D eigenvalue weighted by atomic mass is 127. The van der Waals surface area contributed by atoms with E-state index in [1.54, 1.807) is 0 Å². The second-order valence-corrected chi connectivity index (χ2v) is 7.43. The van der Waals surface area contributed by atoms with Crippen molar-refractivity contribution < 1.29 is 28.5 Å². The van der Waals surface area contributed by atoms with Gasteiger partial charge in [-0.2, -0.15) is 0 Å². The second-order valence-electron chi connectivity index (χ2n) is 6.18. The number of ether oxygens (including phenoxy) is 4. The molecule has 7 nitrogen and oxygen atoms in total. The maximum Gasteiger partial charge on any atom is 0.338 e. The first-order valence-corrected chi connectivity index (χ1v) is 10.8. The fourth-order valence-electron chi connectivity index (χ4n) is 2.67. The third-order valence-electron chi connectivity index (χ3n) is 3.94. The smallest absolute Gasteiger partial charge is 0.338 e. The van der Waals surface area contributed by atoms with Crippen molar-refractivity contribution in [2.45, 2.75) is 27.7 Å². The van der Waals surface area contributed by atoms with Crippen LogP contribution in [0.5, 0.6) is 17.2 Å². The van der Waals surface area contributed by atoms with Gasteiger partial charge in [0.2, 0.25) is 5.75 Å². The highest BCUT2D eigenvalue weighted by molar-refractivity contribution is 14.1. The summed E-state index contributed by atoms with van der Waals surface area (Å²) in [6.07, 6.45) is 0. The zero-order chi connectivity index (χ0) is 22.1. The van der Waals surface area contributed by atoms with Gasteiger partial charge in [-0.05, 0) is 86.2 Å². The van der Waals surface area contributed by atoms with Gasteiger partial charge in [0.15, 0.2) is 18.1 Å². The first kappa shape index (κ1) is 23.8. The molecule has 30 heavy (non-hydrogen) atoms. The minimum atomic E-state index is -0.658. The number of halogens is 1. The number of benzene rings is 2. The minimum absolute atomic E-state index is 0.212. The number of carbonyl (C=O) groups is 2. The lowest BCUT2D eigenvalue weighted by Gasteiger charge is -2.17. The Hall–Kier alpha value is -2.49. The van der Waals surface area contributed by atoms with Crippen LogP contribution in [0, 0.1) is 10.5 Å². The molecule has 0 atom stereocenters. The minimum Gasteiger partial charge on any atom is -0.490 e. The van der Waals surface area contributed by atoms with Crippen LogP contribution in [0.15, 0.2) is 30.3 Å². The molecule has 0 aromatic heterocycles. The fraction of sp³-hybridized carbons (Fsp3) is 0.364.